The van der Waals surface area contributed by atoms with Crippen molar-refractivity contribution in [2.45, 2.75) is 13.5 Å². The smallest absolute Gasteiger partial charge is 0.244 e. The molecule has 8 heteroatoms. The third kappa shape index (κ3) is 5.24. The fraction of sp³-hybridized carbons (Fsp3) is 0.158. The molecule has 3 aromatic rings. The third-order valence-electron chi connectivity index (χ3n) is 3.63. The molecule has 0 unspecified atom stereocenters. The molecule has 138 valence electrons. The fourth-order valence-corrected chi connectivity index (χ4v) is 2.75. The average Bonchev–Trinajstić information content (AvgIpc) is 3.15. The van der Waals surface area contributed by atoms with Crippen LogP contribution in [0.2, 0.25) is 0 Å². The van der Waals surface area contributed by atoms with E-state index in [0.717, 1.165) is 21.5 Å². The monoisotopic (exact) mass is 427 g/mol. The van der Waals surface area contributed by atoms with Crippen LogP contribution in [0, 0.1) is 0 Å². The number of halogens is 1. The van der Waals surface area contributed by atoms with Gasteiger partial charge >= 0.3 is 0 Å². The molecule has 0 spiro atoms. The molecular formula is C19H18BrN5O2. The van der Waals surface area contributed by atoms with Crippen LogP contribution in [0.25, 0.3) is 11.8 Å². The van der Waals surface area contributed by atoms with Gasteiger partial charge in [0, 0.05) is 10.5 Å². The van der Waals surface area contributed by atoms with E-state index in [0.29, 0.717) is 12.4 Å². The van der Waals surface area contributed by atoms with Crippen LogP contribution in [0.5, 0.6) is 5.75 Å². The van der Waals surface area contributed by atoms with E-state index in [4.69, 9.17) is 4.74 Å². The first-order valence-electron chi connectivity index (χ1n) is 8.37. The Kier molecular flexibility index (Phi) is 6.32. The van der Waals surface area contributed by atoms with Gasteiger partial charge < -0.3 is 10.1 Å². The van der Waals surface area contributed by atoms with Crippen LogP contribution < -0.4 is 10.1 Å². The molecule has 0 bridgehead atoms. The summed E-state index contributed by atoms with van der Waals surface area (Å²) in [5, 5.41) is 14.4. The number of nitrogens with one attached hydrogen (secondary N) is 1. The first kappa shape index (κ1) is 18.8. The van der Waals surface area contributed by atoms with Crippen molar-refractivity contribution in [1.82, 2.24) is 25.5 Å². The SMILES string of the molecule is CCOc1ccc(/C=C/C(=O)NCc2nnnn2-c2cccc(Br)c2)cc1. The van der Waals surface area contributed by atoms with Crippen molar-refractivity contribution in [3.63, 3.8) is 0 Å². The summed E-state index contributed by atoms with van der Waals surface area (Å²) in [6.07, 6.45) is 3.21. The lowest BCUT2D eigenvalue weighted by atomic mass is 10.2. The molecule has 0 saturated heterocycles. The van der Waals surface area contributed by atoms with E-state index in [2.05, 4.69) is 36.8 Å². The molecule has 2 aromatic carbocycles. The Bertz CT molecular complexity index is 937. The van der Waals surface area contributed by atoms with Crippen molar-refractivity contribution in [3.8, 4) is 11.4 Å². The van der Waals surface area contributed by atoms with E-state index in [1.807, 2.05) is 55.5 Å². The maximum atomic E-state index is 12.1. The number of hydrogen-bond acceptors (Lipinski definition) is 5. The second kappa shape index (κ2) is 9.09. The highest BCUT2D eigenvalue weighted by atomic mass is 79.9. The van der Waals surface area contributed by atoms with E-state index in [1.54, 1.807) is 10.8 Å². The minimum atomic E-state index is -0.229. The van der Waals surface area contributed by atoms with Crippen molar-refractivity contribution in [3.05, 3.63) is 70.5 Å². The number of benzene rings is 2. The topological polar surface area (TPSA) is 81.9 Å². The minimum Gasteiger partial charge on any atom is -0.494 e. The van der Waals surface area contributed by atoms with Gasteiger partial charge in [0.2, 0.25) is 5.91 Å². The summed E-state index contributed by atoms with van der Waals surface area (Å²) >= 11 is 3.42. The second-order valence-electron chi connectivity index (χ2n) is 5.54. The molecule has 3 rings (SSSR count). The Hall–Kier alpha value is -3.00. The van der Waals surface area contributed by atoms with Gasteiger partial charge in [0.25, 0.3) is 0 Å². The molecule has 1 aromatic heterocycles. The van der Waals surface area contributed by atoms with Crippen LogP contribution >= 0.6 is 15.9 Å². The van der Waals surface area contributed by atoms with Gasteiger partial charge in [-0.05, 0) is 59.3 Å². The molecule has 0 aliphatic heterocycles. The molecule has 7 nitrogen and oxygen atoms in total. The average molecular weight is 428 g/mol. The Morgan fingerprint density at radius 1 is 1.26 bits per heavy atom. The minimum absolute atomic E-state index is 0.214. The van der Waals surface area contributed by atoms with Gasteiger partial charge in [-0.1, -0.05) is 34.1 Å². The van der Waals surface area contributed by atoms with Gasteiger partial charge in [0.05, 0.1) is 18.8 Å². The number of carbonyl (C=O) groups is 1. The Labute approximate surface area is 165 Å². The second-order valence-corrected chi connectivity index (χ2v) is 6.46. The lowest BCUT2D eigenvalue weighted by Gasteiger charge is -2.05. The van der Waals surface area contributed by atoms with Crippen molar-refractivity contribution in [2.24, 2.45) is 0 Å². The van der Waals surface area contributed by atoms with Crippen LogP contribution in [-0.4, -0.2) is 32.7 Å². The number of amides is 1. The van der Waals surface area contributed by atoms with Crippen molar-refractivity contribution in [2.75, 3.05) is 6.61 Å². The molecule has 27 heavy (non-hydrogen) atoms. The summed E-state index contributed by atoms with van der Waals surface area (Å²) in [5.74, 6) is 1.11. The molecular weight excluding hydrogens is 410 g/mol. The van der Waals surface area contributed by atoms with E-state index in [9.17, 15) is 4.79 Å². The van der Waals surface area contributed by atoms with Gasteiger partial charge in [-0.3, -0.25) is 4.79 Å². The number of ether oxygens (including phenoxy) is 1. The normalized spacial score (nSPS) is 10.9. The number of carbonyl (C=O) groups excluding carboxylic acids is 1. The molecule has 0 aliphatic carbocycles. The van der Waals surface area contributed by atoms with Crippen LogP contribution in [-0.2, 0) is 11.3 Å². The fourth-order valence-electron chi connectivity index (χ4n) is 2.36. The van der Waals surface area contributed by atoms with Gasteiger partial charge in [0.1, 0.15) is 5.75 Å². The van der Waals surface area contributed by atoms with Gasteiger partial charge in [-0.25, -0.2) is 0 Å². The standard InChI is InChI=1S/C19H18BrN5O2/c1-2-27-17-9-6-14(7-10-17)8-11-19(26)21-13-18-22-23-24-25(18)16-5-3-4-15(20)12-16/h3-12H,2,13H2,1H3,(H,21,26)/b11-8+. The molecule has 1 heterocycles. The van der Waals surface area contributed by atoms with Crippen LogP contribution in [0.1, 0.15) is 18.3 Å². The number of nitrogens with zero attached hydrogens (tertiary/aromatic N) is 4. The molecule has 0 atom stereocenters. The zero-order valence-electron chi connectivity index (χ0n) is 14.7. The maximum absolute atomic E-state index is 12.1. The highest BCUT2D eigenvalue weighted by Gasteiger charge is 2.09. The molecule has 0 aliphatic rings. The highest BCUT2D eigenvalue weighted by molar-refractivity contribution is 9.10. The summed E-state index contributed by atoms with van der Waals surface area (Å²) in [7, 11) is 0. The molecule has 0 saturated carbocycles. The van der Waals surface area contributed by atoms with Crippen molar-refractivity contribution >= 4 is 27.9 Å². The van der Waals surface area contributed by atoms with Gasteiger partial charge in [-0.15, -0.1) is 5.10 Å². The van der Waals surface area contributed by atoms with Gasteiger partial charge in [0.15, 0.2) is 5.82 Å². The van der Waals surface area contributed by atoms with Gasteiger partial charge in [-0.2, -0.15) is 4.68 Å². The number of rotatable bonds is 7. The largest absolute Gasteiger partial charge is 0.494 e. The lowest BCUT2D eigenvalue weighted by molar-refractivity contribution is -0.116. The Morgan fingerprint density at radius 3 is 2.81 bits per heavy atom. The van der Waals surface area contributed by atoms with E-state index < -0.39 is 0 Å². The van der Waals surface area contributed by atoms with Crippen LogP contribution in [0.15, 0.2) is 59.1 Å². The lowest BCUT2D eigenvalue weighted by Crippen LogP contribution is -2.22. The first-order chi connectivity index (χ1) is 13.2. The quantitative estimate of drug-likeness (QED) is 0.585. The Balaban J connectivity index is 1.59. The van der Waals surface area contributed by atoms with E-state index in [1.165, 1.54) is 6.08 Å². The van der Waals surface area contributed by atoms with Crippen molar-refractivity contribution in [1.29, 1.82) is 0 Å². The molecule has 0 fully saturated rings. The van der Waals surface area contributed by atoms with E-state index in [-0.39, 0.29) is 12.5 Å². The zero-order valence-corrected chi connectivity index (χ0v) is 16.3. The first-order valence-corrected chi connectivity index (χ1v) is 9.17. The predicted octanol–water partition coefficient (Wildman–Crippen LogP) is 3.15. The summed E-state index contributed by atoms with van der Waals surface area (Å²) in [4.78, 5) is 12.1. The molecule has 0 radical (unpaired) electrons. The third-order valence-corrected chi connectivity index (χ3v) is 4.12. The van der Waals surface area contributed by atoms with E-state index >= 15 is 0 Å². The predicted molar refractivity (Wildman–Crippen MR) is 105 cm³/mol. The summed E-state index contributed by atoms with van der Waals surface area (Å²) < 4.78 is 7.90. The highest BCUT2D eigenvalue weighted by Crippen LogP contribution is 2.15. The maximum Gasteiger partial charge on any atom is 0.244 e. The number of tetrazole rings is 1. The van der Waals surface area contributed by atoms with Crippen LogP contribution in [0.3, 0.4) is 0 Å². The summed E-state index contributed by atoms with van der Waals surface area (Å²) in [6, 6.07) is 15.1. The summed E-state index contributed by atoms with van der Waals surface area (Å²) in [6.45, 7) is 2.77. The number of aromatic nitrogens is 4. The zero-order chi connectivity index (χ0) is 19.1. The summed E-state index contributed by atoms with van der Waals surface area (Å²) in [5.41, 5.74) is 1.72. The number of hydrogen-bond donors (Lipinski definition) is 1. The van der Waals surface area contributed by atoms with Crippen LogP contribution in [0.4, 0.5) is 0 Å². The molecule has 1 amide bonds. The Morgan fingerprint density at radius 2 is 2.07 bits per heavy atom. The van der Waals surface area contributed by atoms with Crippen molar-refractivity contribution < 1.29 is 9.53 Å². The molecule has 1 N–H and O–H groups in total.